The molecule has 0 aromatic heterocycles. The number of nitrogens with one attached hydrogen (secondary N) is 1. The monoisotopic (exact) mass is 317 g/mol. The zero-order valence-corrected chi connectivity index (χ0v) is 12.3. The predicted octanol–water partition coefficient (Wildman–Crippen LogP) is 4.35. The Kier molecular flexibility index (Phi) is 4.38. The summed E-state index contributed by atoms with van der Waals surface area (Å²) < 4.78 is 28.5. The first-order valence-corrected chi connectivity index (χ1v) is 7.23. The summed E-state index contributed by atoms with van der Waals surface area (Å²) in [6.45, 7) is 4.88. The van der Waals surface area contributed by atoms with E-state index in [9.17, 15) is 8.78 Å². The summed E-state index contributed by atoms with van der Waals surface area (Å²) in [5.74, 6) is -0.138. The normalized spacial score (nSPS) is 23.6. The molecule has 0 saturated heterocycles. The van der Waals surface area contributed by atoms with Crippen LogP contribution in [0.3, 0.4) is 0 Å². The van der Waals surface area contributed by atoms with Crippen LogP contribution in [-0.4, -0.2) is 6.54 Å². The molecule has 2 rings (SSSR count). The smallest absolute Gasteiger partial charge is 0.142 e. The Morgan fingerprint density at radius 3 is 2.83 bits per heavy atom. The summed E-state index contributed by atoms with van der Waals surface area (Å²) in [6.07, 6.45) is 2.38. The Balaban J connectivity index is 2.54. The van der Waals surface area contributed by atoms with E-state index in [4.69, 9.17) is 0 Å². The van der Waals surface area contributed by atoms with Crippen molar-refractivity contribution in [1.82, 2.24) is 5.32 Å². The van der Waals surface area contributed by atoms with Crippen molar-refractivity contribution in [2.24, 2.45) is 5.92 Å². The van der Waals surface area contributed by atoms with Gasteiger partial charge in [-0.3, -0.25) is 0 Å². The molecule has 2 atom stereocenters. The van der Waals surface area contributed by atoms with Gasteiger partial charge < -0.3 is 5.32 Å². The number of benzene rings is 1. The Hall–Kier alpha value is -0.480. The average molecular weight is 318 g/mol. The van der Waals surface area contributed by atoms with Gasteiger partial charge in [0.05, 0.1) is 4.47 Å². The van der Waals surface area contributed by atoms with Gasteiger partial charge in [-0.05, 0) is 59.3 Å². The van der Waals surface area contributed by atoms with Crippen molar-refractivity contribution in [3.63, 3.8) is 0 Å². The number of hydrogen-bond donors (Lipinski definition) is 1. The molecule has 1 aromatic carbocycles. The molecule has 0 saturated carbocycles. The second-order valence-corrected chi connectivity index (χ2v) is 5.89. The van der Waals surface area contributed by atoms with Crippen LogP contribution in [0.15, 0.2) is 10.5 Å². The maximum atomic E-state index is 14.3. The third-order valence-electron chi connectivity index (χ3n) is 3.64. The molecule has 1 aliphatic carbocycles. The summed E-state index contributed by atoms with van der Waals surface area (Å²) >= 11 is 3.10. The lowest BCUT2D eigenvalue weighted by Crippen LogP contribution is -2.24. The maximum absolute atomic E-state index is 14.3. The Labute approximate surface area is 115 Å². The minimum absolute atomic E-state index is 0.0884. The van der Waals surface area contributed by atoms with Crippen LogP contribution in [0, 0.1) is 17.6 Å². The molecule has 18 heavy (non-hydrogen) atoms. The van der Waals surface area contributed by atoms with Gasteiger partial charge in [-0.25, -0.2) is 8.78 Å². The highest BCUT2D eigenvalue weighted by Gasteiger charge is 2.28. The predicted molar refractivity (Wildman–Crippen MR) is 72.6 cm³/mol. The standard InChI is InChI=1S/C14H18BrF2N/c1-3-18-12-6-8(2)4-5-9-11(16)7-10(15)14(17)13(9)12/h7-8,12,18H,3-6H2,1-2H3. The van der Waals surface area contributed by atoms with E-state index in [0.717, 1.165) is 19.4 Å². The fourth-order valence-corrected chi connectivity index (χ4v) is 3.14. The molecule has 0 fully saturated rings. The first-order valence-electron chi connectivity index (χ1n) is 6.44. The van der Waals surface area contributed by atoms with E-state index in [-0.39, 0.29) is 22.1 Å². The Morgan fingerprint density at radius 1 is 1.44 bits per heavy atom. The van der Waals surface area contributed by atoms with Crippen molar-refractivity contribution in [3.8, 4) is 0 Å². The molecule has 1 N–H and O–H groups in total. The second kappa shape index (κ2) is 5.66. The van der Waals surface area contributed by atoms with Crippen molar-refractivity contribution >= 4 is 15.9 Å². The highest BCUT2D eigenvalue weighted by Crippen LogP contribution is 2.37. The SMILES string of the molecule is CCNC1CC(C)CCc2c(F)cc(Br)c(F)c21. The van der Waals surface area contributed by atoms with E-state index in [1.54, 1.807) is 0 Å². The molecule has 4 heteroatoms. The van der Waals surface area contributed by atoms with Crippen molar-refractivity contribution in [2.45, 2.75) is 39.2 Å². The molecule has 1 nitrogen and oxygen atoms in total. The van der Waals surface area contributed by atoms with Crippen LogP contribution in [0.4, 0.5) is 8.78 Å². The van der Waals surface area contributed by atoms with Crippen molar-refractivity contribution in [2.75, 3.05) is 6.54 Å². The molecule has 0 spiro atoms. The van der Waals surface area contributed by atoms with E-state index in [2.05, 4.69) is 28.2 Å². The Bertz CT molecular complexity index is 448. The summed E-state index contributed by atoms with van der Waals surface area (Å²) in [5, 5.41) is 3.28. The highest BCUT2D eigenvalue weighted by atomic mass is 79.9. The minimum atomic E-state index is -0.313. The van der Waals surface area contributed by atoms with Gasteiger partial charge in [-0.15, -0.1) is 0 Å². The molecular weight excluding hydrogens is 300 g/mol. The van der Waals surface area contributed by atoms with Crippen LogP contribution in [0.1, 0.15) is 43.9 Å². The van der Waals surface area contributed by atoms with Gasteiger partial charge in [0.2, 0.25) is 0 Å². The van der Waals surface area contributed by atoms with Crippen LogP contribution in [-0.2, 0) is 6.42 Å². The molecular formula is C14H18BrF2N. The second-order valence-electron chi connectivity index (χ2n) is 5.04. The lowest BCUT2D eigenvalue weighted by atomic mass is 9.96. The number of halogens is 3. The van der Waals surface area contributed by atoms with Crippen LogP contribution < -0.4 is 5.32 Å². The maximum Gasteiger partial charge on any atom is 0.142 e. The molecule has 0 radical (unpaired) electrons. The molecule has 1 aromatic rings. The van der Waals surface area contributed by atoms with Crippen LogP contribution in [0.5, 0.6) is 0 Å². The van der Waals surface area contributed by atoms with Gasteiger partial charge in [0.25, 0.3) is 0 Å². The van der Waals surface area contributed by atoms with Gasteiger partial charge in [-0.1, -0.05) is 13.8 Å². The van der Waals surface area contributed by atoms with Crippen molar-refractivity contribution in [3.05, 3.63) is 33.3 Å². The summed E-state index contributed by atoms with van der Waals surface area (Å²) in [5.41, 5.74) is 1.07. The third-order valence-corrected chi connectivity index (χ3v) is 4.21. The number of fused-ring (bicyclic) bond motifs is 1. The first kappa shape index (κ1) is 13.9. The van der Waals surface area contributed by atoms with Crippen LogP contribution in [0.2, 0.25) is 0 Å². The van der Waals surface area contributed by atoms with Crippen LogP contribution in [0.25, 0.3) is 0 Å². The summed E-state index contributed by atoms with van der Waals surface area (Å²) in [7, 11) is 0. The molecule has 0 amide bonds. The van der Waals surface area contributed by atoms with Crippen molar-refractivity contribution in [1.29, 1.82) is 0 Å². The van der Waals surface area contributed by atoms with Gasteiger partial charge >= 0.3 is 0 Å². The van der Waals surface area contributed by atoms with Gasteiger partial charge in [-0.2, -0.15) is 0 Å². The lowest BCUT2D eigenvalue weighted by Gasteiger charge is -2.21. The van der Waals surface area contributed by atoms with E-state index >= 15 is 0 Å². The summed E-state index contributed by atoms with van der Waals surface area (Å²) in [4.78, 5) is 0. The largest absolute Gasteiger partial charge is 0.310 e. The molecule has 0 heterocycles. The first-order chi connectivity index (χ1) is 8.54. The topological polar surface area (TPSA) is 12.0 Å². The third kappa shape index (κ3) is 2.59. The summed E-state index contributed by atoms with van der Waals surface area (Å²) in [6, 6.07) is 1.15. The van der Waals surface area contributed by atoms with Crippen molar-refractivity contribution < 1.29 is 8.78 Å². The fraction of sp³-hybridized carbons (Fsp3) is 0.571. The molecule has 1 aliphatic rings. The zero-order valence-electron chi connectivity index (χ0n) is 10.7. The van der Waals surface area contributed by atoms with Gasteiger partial charge in [0, 0.05) is 11.6 Å². The molecule has 0 aliphatic heterocycles. The fourth-order valence-electron chi connectivity index (χ4n) is 2.73. The molecule has 0 bridgehead atoms. The van der Waals surface area contributed by atoms with Gasteiger partial charge in [0.15, 0.2) is 0 Å². The van der Waals surface area contributed by atoms with E-state index in [0.29, 0.717) is 23.5 Å². The van der Waals surface area contributed by atoms with E-state index in [1.807, 2.05) is 6.92 Å². The highest BCUT2D eigenvalue weighted by molar-refractivity contribution is 9.10. The van der Waals surface area contributed by atoms with Gasteiger partial charge in [0.1, 0.15) is 11.6 Å². The average Bonchev–Trinajstić information content (AvgIpc) is 2.47. The quantitative estimate of drug-likeness (QED) is 0.631. The molecule has 100 valence electrons. The van der Waals surface area contributed by atoms with E-state index < -0.39 is 0 Å². The zero-order chi connectivity index (χ0) is 13.3. The van der Waals surface area contributed by atoms with Crippen LogP contribution >= 0.6 is 15.9 Å². The lowest BCUT2D eigenvalue weighted by molar-refractivity contribution is 0.405. The van der Waals surface area contributed by atoms with E-state index in [1.165, 1.54) is 6.07 Å². The number of rotatable bonds is 2. The number of hydrogen-bond acceptors (Lipinski definition) is 1. The Morgan fingerprint density at radius 2 is 2.17 bits per heavy atom. The minimum Gasteiger partial charge on any atom is -0.310 e. The molecule has 2 unspecified atom stereocenters.